The van der Waals surface area contributed by atoms with Crippen LogP contribution in [0.2, 0.25) is 5.02 Å². The van der Waals surface area contributed by atoms with Gasteiger partial charge < -0.3 is 24.3 Å². The van der Waals surface area contributed by atoms with Crippen molar-refractivity contribution in [3.63, 3.8) is 0 Å². The van der Waals surface area contributed by atoms with Crippen molar-refractivity contribution >= 4 is 17.6 Å². The fourth-order valence-electron chi connectivity index (χ4n) is 2.44. The van der Waals surface area contributed by atoms with Crippen LogP contribution >= 0.6 is 11.6 Å². The maximum absolute atomic E-state index is 6.05. The lowest BCUT2D eigenvalue weighted by Crippen LogP contribution is -2.38. The monoisotopic (exact) mass is 379 g/mol. The molecule has 0 amide bonds. The Morgan fingerprint density at radius 1 is 1.38 bits per heavy atom. The van der Waals surface area contributed by atoms with E-state index in [1.165, 1.54) is 0 Å². The third-order valence-electron chi connectivity index (χ3n) is 3.83. The molecule has 26 heavy (non-hydrogen) atoms. The van der Waals surface area contributed by atoms with E-state index in [-0.39, 0.29) is 0 Å². The molecule has 1 N–H and O–H groups in total. The predicted molar refractivity (Wildman–Crippen MR) is 104 cm³/mol. The third kappa shape index (κ3) is 5.93. The molecule has 7 nitrogen and oxygen atoms in total. The van der Waals surface area contributed by atoms with Gasteiger partial charge in [-0.25, -0.2) is 4.98 Å². The van der Waals surface area contributed by atoms with Crippen molar-refractivity contribution in [2.24, 2.45) is 12.0 Å². The molecule has 2 rings (SSSR count). The van der Waals surface area contributed by atoms with Crippen LogP contribution in [0.15, 0.2) is 35.6 Å². The molecular weight excluding hydrogens is 354 g/mol. The predicted octanol–water partition coefficient (Wildman–Crippen LogP) is 2.31. The summed E-state index contributed by atoms with van der Waals surface area (Å²) in [5, 5.41) is 4.07. The van der Waals surface area contributed by atoms with Crippen LogP contribution in [0.3, 0.4) is 0 Å². The number of nitrogens with one attached hydrogen (secondary N) is 1. The number of halogens is 1. The Kier molecular flexibility index (Phi) is 7.74. The zero-order valence-corrected chi connectivity index (χ0v) is 16.5. The van der Waals surface area contributed by atoms with Crippen LogP contribution in [0.4, 0.5) is 0 Å². The molecule has 0 aliphatic carbocycles. The lowest BCUT2D eigenvalue weighted by molar-refractivity contribution is 0.143. The largest absolute Gasteiger partial charge is 0.475 e. The summed E-state index contributed by atoms with van der Waals surface area (Å²) in [4.78, 5) is 10.7. The van der Waals surface area contributed by atoms with Crippen LogP contribution < -0.4 is 10.1 Å². The molecule has 0 atom stereocenters. The van der Waals surface area contributed by atoms with Gasteiger partial charge in [-0.3, -0.25) is 4.99 Å². The van der Waals surface area contributed by atoms with Crippen LogP contribution in [0.5, 0.6) is 5.88 Å². The Balaban J connectivity index is 1.86. The maximum Gasteiger partial charge on any atom is 0.213 e. The summed E-state index contributed by atoms with van der Waals surface area (Å²) < 4.78 is 12.4. The van der Waals surface area contributed by atoms with E-state index in [9.17, 15) is 0 Å². The number of nitrogens with zero attached hydrogens (tertiary/aromatic N) is 4. The van der Waals surface area contributed by atoms with E-state index in [0.29, 0.717) is 32.2 Å². The number of aromatic nitrogens is 2. The number of pyridine rings is 1. The van der Waals surface area contributed by atoms with Gasteiger partial charge in [0, 0.05) is 59.0 Å². The summed E-state index contributed by atoms with van der Waals surface area (Å²) in [7, 11) is 7.37. The van der Waals surface area contributed by atoms with Gasteiger partial charge in [0.2, 0.25) is 5.88 Å². The van der Waals surface area contributed by atoms with Gasteiger partial charge in [0.15, 0.2) is 5.96 Å². The average Bonchev–Trinajstić information content (AvgIpc) is 2.94. The topological polar surface area (TPSA) is 63.9 Å². The minimum atomic E-state index is 0.488. The van der Waals surface area contributed by atoms with Gasteiger partial charge in [0.25, 0.3) is 0 Å². The Labute approximate surface area is 159 Å². The molecule has 8 heteroatoms. The lowest BCUT2D eigenvalue weighted by Gasteiger charge is -2.22. The van der Waals surface area contributed by atoms with Crippen LogP contribution in [0, 0.1) is 0 Å². The Hall–Kier alpha value is -2.25. The number of aliphatic imine (C=N–C) groups is 1. The fraction of sp³-hybridized carbons (Fsp3) is 0.444. The summed E-state index contributed by atoms with van der Waals surface area (Å²) in [6, 6.07) is 5.79. The maximum atomic E-state index is 6.05. The molecule has 0 aliphatic heterocycles. The first-order valence-electron chi connectivity index (χ1n) is 8.32. The Bertz CT molecular complexity index is 715. The van der Waals surface area contributed by atoms with Gasteiger partial charge in [-0.15, -0.1) is 0 Å². The van der Waals surface area contributed by atoms with E-state index < -0.39 is 0 Å². The molecule has 2 aromatic heterocycles. The van der Waals surface area contributed by atoms with E-state index in [4.69, 9.17) is 21.1 Å². The minimum Gasteiger partial charge on any atom is -0.475 e. The molecule has 2 heterocycles. The molecule has 142 valence electrons. The Morgan fingerprint density at radius 3 is 2.77 bits per heavy atom. The molecule has 2 aromatic rings. The normalized spacial score (nSPS) is 11.5. The summed E-state index contributed by atoms with van der Waals surface area (Å²) in [6.07, 6.45) is 3.68. The first kappa shape index (κ1) is 20.1. The second kappa shape index (κ2) is 10.0. The van der Waals surface area contributed by atoms with Crippen LogP contribution in [-0.2, 0) is 24.9 Å². The number of aryl methyl sites for hydroxylation is 1. The van der Waals surface area contributed by atoms with Crippen molar-refractivity contribution in [1.82, 2.24) is 19.8 Å². The van der Waals surface area contributed by atoms with Crippen molar-refractivity contribution in [1.29, 1.82) is 0 Å². The van der Waals surface area contributed by atoms with E-state index >= 15 is 0 Å². The van der Waals surface area contributed by atoms with Crippen LogP contribution in [-0.4, -0.2) is 54.8 Å². The third-order valence-corrected chi connectivity index (χ3v) is 4.04. The van der Waals surface area contributed by atoms with Crippen molar-refractivity contribution in [2.45, 2.75) is 13.1 Å². The molecular formula is C18H26ClN5O2. The number of rotatable bonds is 8. The highest BCUT2D eigenvalue weighted by atomic mass is 35.5. The first-order valence-corrected chi connectivity index (χ1v) is 8.70. The van der Waals surface area contributed by atoms with Crippen molar-refractivity contribution in [3.8, 4) is 5.88 Å². The van der Waals surface area contributed by atoms with E-state index in [1.54, 1.807) is 20.4 Å². The zero-order chi connectivity index (χ0) is 18.9. The molecule has 0 saturated heterocycles. The number of methoxy groups -OCH3 is 1. The molecule has 0 unspecified atom stereocenters. The van der Waals surface area contributed by atoms with Crippen molar-refractivity contribution in [2.75, 3.05) is 34.4 Å². The summed E-state index contributed by atoms with van der Waals surface area (Å²) in [6.45, 7) is 2.35. The summed E-state index contributed by atoms with van der Waals surface area (Å²) >= 11 is 6.05. The average molecular weight is 380 g/mol. The van der Waals surface area contributed by atoms with Crippen molar-refractivity contribution in [3.05, 3.63) is 46.9 Å². The van der Waals surface area contributed by atoms with Crippen LogP contribution in [0.25, 0.3) is 0 Å². The fourth-order valence-corrected chi connectivity index (χ4v) is 2.71. The number of ether oxygens (including phenoxy) is 2. The molecule has 0 spiro atoms. The molecule has 0 bridgehead atoms. The van der Waals surface area contributed by atoms with Gasteiger partial charge in [-0.2, -0.15) is 0 Å². The van der Waals surface area contributed by atoms with Crippen molar-refractivity contribution < 1.29 is 9.47 Å². The van der Waals surface area contributed by atoms with Gasteiger partial charge in [0.1, 0.15) is 6.61 Å². The van der Waals surface area contributed by atoms with Gasteiger partial charge in [-0.1, -0.05) is 17.7 Å². The lowest BCUT2D eigenvalue weighted by atomic mass is 10.3. The quantitative estimate of drug-likeness (QED) is 0.433. The standard InChI is InChI=1S/C18H26ClN5O2/c1-20-18(24(3)13-16-9-15(19)12-23(16)2)22-11-14-5-6-17(21-10-14)26-8-7-25-4/h5-6,9-10,12H,7-8,11,13H2,1-4H3,(H,20,22). The molecule has 0 aliphatic rings. The Morgan fingerprint density at radius 2 is 2.19 bits per heavy atom. The zero-order valence-electron chi connectivity index (χ0n) is 15.7. The summed E-state index contributed by atoms with van der Waals surface area (Å²) in [5.41, 5.74) is 2.15. The van der Waals surface area contributed by atoms with E-state index in [2.05, 4.69) is 15.3 Å². The van der Waals surface area contributed by atoms with E-state index in [0.717, 1.165) is 22.2 Å². The number of hydrogen-bond donors (Lipinski definition) is 1. The molecule has 0 saturated carbocycles. The number of hydrogen-bond acceptors (Lipinski definition) is 4. The molecule has 0 aromatic carbocycles. The highest BCUT2D eigenvalue weighted by Crippen LogP contribution is 2.14. The second-order valence-corrected chi connectivity index (χ2v) is 6.30. The highest BCUT2D eigenvalue weighted by Gasteiger charge is 2.10. The smallest absolute Gasteiger partial charge is 0.213 e. The SMILES string of the molecule is CN=C(NCc1ccc(OCCOC)nc1)N(C)Cc1cc(Cl)cn1C. The molecule has 0 radical (unpaired) electrons. The van der Waals surface area contributed by atoms with Gasteiger partial charge in [-0.05, 0) is 11.6 Å². The summed E-state index contributed by atoms with van der Waals surface area (Å²) in [5.74, 6) is 1.38. The van der Waals surface area contributed by atoms with Gasteiger partial charge >= 0.3 is 0 Å². The second-order valence-electron chi connectivity index (χ2n) is 5.86. The highest BCUT2D eigenvalue weighted by molar-refractivity contribution is 6.30. The first-order chi connectivity index (χ1) is 12.5. The van der Waals surface area contributed by atoms with Gasteiger partial charge in [0.05, 0.1) is 18.2 Å². The molecule has 0 fully saturated rings. The number of guanidine groups is 1. The van der Waals surface area contributed by atoms with E-state index in [1.807, 2.05) is 48.0 Å². The minimum absolute atomic E-state index is 0.488. The van der Waals surface area contributed by atoms with Crippen LogP contribution in [0.1, 0.15) is 11.3 Å².